The summed E-state index contributed by atoms with van der Waals surface area (Å²) in [5.74, 6) is -0.220. The standard InChI is InChI=1S/C14H18Cl2FNO/c1-2-4-10(7-8-15)9-18-14(19)11-5-3-6-12(16)13(11)17/h3,5-6,10H,2,4,7-9H2,1H3,(H,18,19). The summed E-state index contributed by atoms with van der Waals surface area (Å²) in [6.07, 6.45) is 2.86. The number of carbonyl (C=O) groups excluding carboxylic acids is 1. The molecule has 0 aliphatic rings. The van der Waals surface area contributed by atoms with Gasteiger partial charge < -0.3 is 5.32 Å². The van der Waals surface area contributed by atoms with E-state index in [1.54, 1.807) is 6.07 Å². The molecule has 1 aromatic carbocycles. The van der Waals surface area contributed by atoms with Crippen LogP contribution in [0.15, 0.2) is 18.2 Å². The van der Waals surface area contributed by atoms with E-state index in [4.69, 9.17) is 23.2 Å². The lowest BCUT2D eigenvalue weighted by molar-refractivity contribution is 0.0942. The van der Waals surface area contributed by atoms with E-state index < -0.39 is 11.7 Å². The van der Waals surface area contributed by atoms with Crippen molar-refractivity contribution < 1.29 is 9.18 Å². The molecule has 106 valence electrons. The van der Waals surface area contributed by atoms with Gasteiger partial charge in [0.2, 0.25) is 0 Å². The predicted molar refractivity (Wildman–Crippen MR) is 77.5 cm³/mol. The molecule has 1 amide bonds. The van der Waals surface area contributed by atoms with Crippen molar-refractivity contribution in [1.29, 1.82) is 0 Å². The second-order valence-electron chi connectivity index (χ2n) is 4.44. The molecule has 1 atom stereocenters. The van der Waals surface area contributed by atoms with Crippen LogP contribution in [0.1, 0.15) is 36.5 Å². The highest BCUT2D eigenvalue weighted by Gasteiger charge is 2.15. The minimum Gasteiger partial charge on any atom is -0.352 e. The van der Waals surface area contributed by atoms with Crippen LogP contribution in [0.3, 0.4) is 0 Å². The van der Waals surface area contributed by atoms with Gasteiger partial charge in [0.15, 0.2) is 5.82 Å². The average Bonchev–Trinajstić information content (AvgIpc) is 2.39. The molecule has 1 rings (SSSR count). The average molecular weight is 306 g/mol. The summed E-state index contributed by atoms with van der Waals surface area (Å²) in [5.41, 5.74) is -0.0198. The lowest BCUT2D eigenvalue weighted by atomic mass is 10.0. The molecular weight excluding hydrogens is 288 g/mol. The topological polar surface area (TPSA) is 29.1 Å². The number of amides is 1. The summed E-state index contributed by atoms with van der Waals surface area (Å²) < 4.78 is 13.7. The summed E-state index contributed by atoms with van der Waals surface area (Å²) in [6, 6.07) is 4.40. The zero-order chi connectivity index (χ0) is 14.3. The fourth-order valence-corrected chi connectivity index (χ4v) is 2.41. The van der Waals surface area contributed by atoms with Gasteiger partial charge in [-0.15, -0.1) is 11.6 Å². The third-order valence-electron chi connectivity index (χ3n) is 2.96. The number of carbonyl (C=O) groups is 1. The first kappa shape index (κ1) is 16.3. The normalized spacial score (nSPS) is 12.2. The van der Waals surface area contributed by atoms with Crippen LogP contribution < -0.4 is 5.32 Å². The highest BCUT2D eigenvalue weighted by molar-refractivity contribution is 6.31. The SMILES string of the molecule is CCCC(CCCl)CNC(=O)c1cccc(Cl)c1F. The van der Waals surface area contributed by atoms with Gasteiger partial charge in [0.1, 0.15) is 0 Å². The number of nitrogens with one attached hydrogen (secondary N) is 1. The zero-order valence-electron chi connectivity index (χ0n) is 10.9. The van der Waals surface area contributed by atoms with Gasteiger partial charge in [-0.05, 0) is 30.9 Å². The third kappa shape index (κ3) is 5.00. The van der Waals surface area contributed by atoms with Crippen molar-refractivity contribution in [3.05, 3.63) is 34.6 Å². The first-order chi connectivity index (χ1) is 9.10. The minimum absolute atomic E-state index is 0.0198. The van der Waals surface area contributed by atoms with E-state index >= 15 is 0 Å². The van der Waals surface area contributed by atoms with Crippen LogP contribution in [0.5, 0.6) is 0 Å². The highest BCUT2D eigenvalue weighted by atomic mass is 35.5. The van der Waals surface area contributed by atoms with Crippen LogP contribution in [0.25, 0.3) is 0 Å². The molecule has 19 heavy (non-hydrogen) atoms. The summed E-state index contributed by atoms with van der Waals surface area (Å²) in [4.78, 5) is 11.9. The third-order valence-corrected chi connectivity index (χ3v) is 3.47. The molecule has 0 spiro atoms. The molecule has 1 N–H and O–H groups in total. The Morgan fingerprint density at radius 3 is 2.79 bits per heavy atom. The number of alkyl halides is 1. The molecule has 0 bridgehead atoms. The number of benzene rings is 1. The maximum absolute atomic E-state index is 13.7. The molecule has 0 saturated heterocycles. The number of rotatable bonds is 7. The van der Waals surface area contributed by atoms with E-state index in [2.05, 4.69) is 12.2 Å². The van der Waals surface area contributed by atoms with E-state index in [1.807, 2.05) is 0 Å². The van der Waals surface area contributed by atoms with Gasteiger partial charge in [-0.25, -0.2) is 4.39 Å². The molecule has 0 saturated carbocycles. The minimum atomic E-state index is -0.675. The van der Waals surface area contributed by atoms with Crippen molar-refractivity contribution in [3.8, 4) is 0 Å². The van der Waals surface area contributed by atoms with E-state index in [0.717, 1.165) is 19.3 Å². The summed E-state index contributed by atoms with van der Waals surface area (Å²) in [7, 11) is 0. The number of halogens is 3. The molecule has 2 nitrogen and oxygen atoms in total. The van der Waals surface area contributed by atoms with Crippen LogP contribution in [-0.4, -0.2) is 18.3 Å². The number of hydrogen-bond donors (Lipinski definition) is 1. The Morgan fingerprint density at radius 2 is 2.16 bits per heavy atom. The zero-order valence-corrected chi connectivity index (χ0v) is 12.4. The van der Waals surface area contributed by atoms with Crippen molar-refractivity contribution >= 4 is 29.1 Å². The Bertz CT molecular complexity index is 420. The van der Waals surface area contributed by atoms with Gasteiger partial charge in [-0.3, -0.25) is 4.79 Å². The van der Waals surface area contributed by atoms with E-state index in [1.165, 1.54) is 12.1 Å². The van der Waals surface area contributed by atoms with Crippen LogP contribution in [0, 0.1) is 11.7 Å². The van der Waals surface area contributed by atoms with Crippen molar-refractivity contribution in [3.63, 3.8) is 0 Å². The van der Waals surface area contributed by atoms with Gasteiger partial charge >= 0.3 is 0 Å². The second-order valence-corrected chi connectivity index (χ2v) is 5.23. The fourth-order valence-electron chi connectivity index (χ4n) is 1.92. The van der Waals surface area contributed by atoms with Gasteiger partial charge in [0.25, 0.3) is 5.91 Å². The monoisotopic (exact) mass is 305 g/mol. The summed E-state index contributed by atoms with van der Waals surface area (Å²) in [6.45, 7) is 2.59. The molecular formula is C14H18Cl2FNO. The first-order valence-electron chi connectivity index (χ1n) is 6.38. The Hall–Kier alpha value is -0.800. The van der Waals surface area contributed by atoms with Crippen LogP contribution in [0.2, 0.25) is 5.02 Å². The van der Waals surface area contributed by atoms with Crippen molar-refractivity contribution in [2.45, 2.75) is 26.2 Å². The van der Waals surface area contributed by atoms with Gasteiger partial charge in [-0.1, -0.05) is 31.0 Å². The van der Waals surface area contributed by atoms with E-state index in [0.29, 0.717) is 18.3 Å². The molecule has 1 unspecified atom stereocenters. The summed E-state index contributed by atoms with van der Waals surface area (Å²) in [5, 5.41) is 2.70. The van der Waals surface area contributed by atoms with Crippen LogP contribution in [-0.2, 0) is 0 Å². The van der Waals surface area contributed by atoms with Crippen molar-refractivity contribution in [2.75, 3.05) is 12.4 Å². The lowest BCUT2D eigenvalue weighted by Gasteiger charge is -2.15. The molecule has 0 aliphatic heterocycles. The Kier molecular flexibility index (Phi) is 7.17. The largest absolute Gasteiger partial charge is 0.352 e. The Morgan fingerprint density at radius 1 is 1.42 bits per heavy atom. The lowest BCUT2D eigenvalue weighted by Crippen LogP contribution is -2.30. The molecule has 0 aliphatic carbocycles. The molecule has 0 fully saturated rings. The highest BCUT2D eigenvalue weighted by Crippen LogP contribution is 2.18. The second kappa shape index (κ2) is 8.39. The Balaban J connectivity index is 2.61. The van der Waals surface area contributed by atoms with Crippen molar-refractivity contribution in [1.82, 2.24) is 5.32 Å². The molecule has 5 heteroatoms. The van der Waals surface area contributed by atoms with Crippen LogP contribution in [0.4, 0.5) is 4.39 Å². The van der Waals surface area contributed by atoms with Gasteiger partial charge in [-0.2, -0.15) is 0 Å². The Labute approximate surface area is 123 Å². The smallest absolute Gasteiger partial charge is 0.254 e. The van der Waals surface area contributed by atoms with Crippen LogP contribution >= 0.6 is 23.2 Å². The fraction of sp³-hybridized carbons (Fsp3) is 0.500. The molecule has 1 aromatic rings. The molecule has 0 radical (unpaired) electrons. The van der Waals surface area contributed by atoms with Gasteiger partial charge in [0.05, 0.1) is 10.6 Å². The van der Waals surface area contributed by atoms with E-state index in [9.17, 15) is 9.18 Å². The molecule has 0 heterocycles. The quantitative estimate of drug-likeness (QED) is 0.750. The number of hydrogen-bond acceptors (Lipinski definition) is 1. The van der Waals surface area contributed by atoms with Gasteiger partial charge in [0, 0.05) is 12.4 Å². The summed E-state index contributed by atoms with van der Waals surface area (Å²) >= 11 is 11.4. The maximum Gasteiger partial charge on any atom is 0.254 e. The van der Waals surface area contributed by atoms with Crippen molar-refractivity contribution in [2.24, 2.45) is 5.92 Å². The molecule has 0 aromatic heterocycles. The first-order valence-corrected chi connectivity index (χ1v) is 7.29. The maximum atomic E-state index is 13.7. The predicted octanol–water partition coefficient (Wildman–Crippen LogP) is 4.25. The van der Waals surface area contributed by atoms with E-state index in [-0.39, 0.29) is 10.6 Å².